The number of esters is 1. The zero-order valence-electron chi connectivity index (χ0n) is 15.7. The van der Waals surface area contributed by atoms with Gasteiger partial charge in [0.2, 0.25) is 0 Å². The summed E-state index contributed by atoms with van der Waals surface area (Å²) in [5, 5.41) is 19.5. The van der Waals surface area contributed by atoms with Crippen LogP contribution >= 0.6 is 0 Å². The molecule has 1 amide bonds. The second-order valence-electron chi connectivity index (χ2n) is 5.99. The zero-order chi connectivity index (χ0) is 21.2. The first kappa shape index (κ1) is 21.3. The monoisotopic (exact) mass is 393 g/mol. The van der Waals surface area contributed by atoms with Gasteiger partial charge in [-0.25, -0.2) is 4.79 Å². The summed E-state index contributed by atoms with van der Waals surface area (Å²) >= 11 is 0. The molecule has 2 aromatic rings. The van der Waals surface area contributed by atoms with Crippen molar-refractivity contribution in [1.29, 1.82) is 5.26 Å². The molecule has 0 radical (unpaired) electrons. The molecule has 2 aromatic carbocycles. The Morgan fingerprint density at radius 2 is 1.86 bits per heavy atom. The number of ether oxygens (including phenoxy) is 1. The molecule has 0 spiro atoms. The Kier molecular flexibility index (Phi) is 7.62. The van der Waals surface area contributed by atoms with E-state index in [1.54, 1.807) is 24.3 Å². The van der Waals surface area contributed by atoms with Gasteiger partial charge in [-0.05, 0) is 42.8 Å². The quantitative estimate of drug-likeness (QED) is 0.294. The number of nitrogens with zero attached hydrogens (tertiary/aromatic N) is 3. The molecule has 0 saturated carbocycles. The van der Waals surface area contributed by atoms with Crippen molar-refractivity contribution in [2.45, 2.75) is 19.4 Å². The Morgan fingerprint density at radius 1 is 1.21 bits per heavy atom. The average molecular weight is 393 g/mol. The van der Waals surface area contributed by atoms with Gasteiger partial charge in [-0.1, -0.05) is 18.2 Å². The minimum atomic E-state index is -1.05. The highest BCUT2D eigenvalue weighted by atomic mass is 16.6. The summed E-state index contributed by atoms with van der Waals surface area (Å²) in [5.41, 5.74) is 1.13. The van der Waals surface area contributed by atoms with Crippen molar-refractivity contribution in [1.82, 2.24) is 0 Å². The van der Waals surface area contributed by atoms with E-state index in [9.17, 15) is 19.7 Å². The predicted octanol–water partition coefficient (Wildman–Crippen LogP) is 3.49. The van der Waals surface area contributed by atoms with Crippen LogP contribution in [0.1, 0.15) is 18.9 Å². The second-order valence-corrected chi connectivity index (χ2v) is 5.99. The zero-order valence-corrected chi connectivity index (χ0v) is 15.7. The minimum Gasteiger partial charge on any atom is -0.449 e. The van der Waals surface area contributed by atoms with Crippen molar-refractivity contribution in [3.63, 3.8) is 0 Å². The number of anilines is 1. The van der Waals surface area contributed by atoms with Crippen molar-refractivity contribution in [3.05, 3.63) is 76.4 Å². The Balaban J connectivity index is 2.01. The van der Waals surface area contributed by atoms with Gasteiger partial charge in [0.1, 0.15) is 0 Å². The van der Waals surface area contributed by atoms with E-state index in [1.165, 1.54) is 42.2 Å². The molecule has 8 nitrogen and oxygen atoms in total. The van der Waals surface area contributed by atoms with Crippen LogP contribution in [0.3, 0.4) is 0 Å². The fraction of sp³-hybridized carbons (Fsp3) is 0.190. The fourth-order valence-electron chi connectivity index (χ4n) is 2.49. The maximum atomic E-state index is 12.7. The van der Waals surface area contributed by atoms with Crippen LogP contribution in [-0.4, -0.2) is 29.4 Å². The van der Waals surface area contributed by atoms with Crippen LogP contribution in [0.25, 0.3) is 6.08 Å². The van der Waals surface area contributed by atoms with Gasteiger partial charge in [0, 0.05) is 30.4 Å². The first-order valence-corrected chi connectivity index (χ1v) is 8.79. The summed E-state index contributed by atoms with van der Waals surface area (Å²) in [4.78, 5) is 36.3. The number of hydrogen-bond acceptors (Lipinski definition) is 6. The molecule has 29 heavy (non-hydrogen) atoms. The van der Waals surface area contributed by atoms with Gasteiger partial charge in [-0.15, -0.1) is 0 Å². The summed E-state index contributed by atoms with van der Waals surface area (Å²) < 4.78 is 5.17. The third kappa shape index (κ3) is 6.29. The smallest absolute Gasteiger partial charge is 0.331 e. The van der Waals surface area contributed by atoms with E-state index in [-0.39, 0.29) is 18.7 Å². The third-order valence-electron chi connectivity index (χ3n) is 3.94. The van der Waals surface area contributed by atoms with Gasteiger partial charge in [-0.3, -0.25) is 14.9 Å². The van der Waals surface area contributed by atoms with Crippen molar-refractivity contribution in [2.75, 3.05) is 11.4 Å². The van der Waals surface area contributed by atoms with E-state index < -0.39 is 22.9 Å². The number of hydrogen-bond donors (Lipinski definition) is 0. The van der Waals surface area contributed by atoms with Crippen molar-refractivity contribution < 1.29 is 19.2 Å². The summed E-state index contributed by atoms with van der Waals surface area (Å²) in [6, 6.07) is 16.5. The maximum absolute atomic E-state index is 12.7. The van der Waals surface area contributed by atoms with E-state index in [2.05, 4.69) is 0 Å². The Labute approximate surface area is 167 Å². The number of nitro benzene ring substituents is 1. The number of carbonyl (C=O) groups is 2. The third-order valence-corrected chi connectivity index (χ3v) is 3.94. The largest absolute Gasteiger partial charge is 0.449 e. The molecule has 1 atom stereocenters. The molecule has 0 saturated heterocycles. The maximum Gasteiger partial charge on any atom is 0.331 e. The molecule has 148 valence electrons. The molecule has 0 heterocycles. The van der Waals surface area contributed by atoms with Crippen LogP contribution in [0.15, 0.2) is 60.7 Å². The van der Waals surface area contributed by atoms with Gasteiger partial charge in [-0.2, -0.15) is 5.26 Å². The van der Waals surface area contributed by atoms with Crippen LogP contribution in [0.4, 0.5) is 11.4 Å². The molecule has 0 N–H and O–H groups in total. The minimum absolute atomic E-state index is 0.0534. The first-order chi connectivity index (χ1) is 13.9. The van der Waals surface area contributed by atoms with E-state index in [0.717, 1.165) is 6.08 Å². The molecule has 0 aliphatic heterocycles. The molecular weight excluding hydrogens is 374 g/mol. The Bertz CT molecular complexity index is 933. The lowest BCUT2D eigenvalue weighted by atomic mass is 10.2. The molecule has 0 aliphatic rings. The average Bonchev–Trinajstić information content (AvgIpc) is 2.73. The molecule has 0 unspecified atom stereocenters. The van der Waals surface area contributed by atoms with Crippen LogP contribution in [0, 0.1) is 21.4 Å². The van der Waals surface area contributed by atoms with Crippen LogP contribution in [0.5, 0.6) is 0 Å². The second kappa shape index (κ2) is 10.4. The molecule has 0 fully saturated rings. The topological polar surface area (TPSA) is 114 Å². The van der Waals surface area contributed by atoms with E-state index in [4.69, 9.17) is 10.00 Å². The number of nitriles is 1. The normalized spacial score (nSPS) is 11.4. The van der Waals surface area contributed by atoms with Crippen LogP contribution in [0.2, 0.25) is 0 Å². The standard InChI is InChI=1S/C21H19N3O5/c1-16(21(26)23(15-5-14-22)18-6-3-2-4-7-18)29-20(25)13-10-17-8-11-19(12-9-17)24(27)28/h2-4,6-13,16H,5,15H2,1H3/b13-10+/t16-/m0/s1. The number of nitro groups is 1. The molecule has 0 aliphatic carbocycles. The Hall–Kier alpha value is -3.99. The predicted molar refractivity (Wildman–Crippen MR) is 107 cm³/mol. The van der Waals surface area contributed by atoms with Gasteiger partial charge in [0.25, 0.3) is 11.6 Å². The van der Waals surface area contributed by atoms with Gasteiger partial charge < -0.3 is 9.64 Å². The van der Waals surface area contributed by atoms with Crippen LogP contribution in [-0.2, 0) is 14.3 Å². The van der Waals surface area contributed by atoms with E-state index >= 15 is 0 Å². The molecule has 8 heteroatoms. The lowest BCUT2D eigenvalue weighted by Gasteiger charge is -2.24. The van der Waals surface area contributed by atoms with Crippen LogP contribution < -0.4 is 4.90 Å². The van der Waals surface area contributed by atoms with Crippen molar-refractivity contribution in [2.24, 2.45) is 0 Å². The van der Waals surface area contributed by atoms with Gasteiger partial charge in [0.05, 0.1) is 17.4 Å². The summed E-state index contributed by atoms with van der Waals surface area (Å²) in [6.07, 6.45) is 1.67. The number of rotatable bonds is 8. The number of non-ortho nitro benzene ring substituents is 1. The van der Waals surface area contributed by atoms with Gasteiger partial charge in [0.15, 0.2) is 6.10 Å². The van der Waals surface area contributed by atoms with E-state index in [1.807, 2.05) is 12.1 Å². The van der Waals surface area contributed by atoms with Crippen molar-refractivity contribution in [3.8, 4) is 6.07 Å². The number of amides is 1. The number of benzene rings is 2. The summed E-state index contributed by atoms with van der Waals surface area (Å²) in [6.45, 7) is 1.64. The molecule has 0 bridgehead atoms. The van der Waals surface area contributed by atoms with Gasteiger partial charge >= 0.3 is 5.97 Å². The highest BCUT2D eigenvalue weighted by Crippen LogP contribution is 2.16. The number of para-hydroxylation sites is 1. The lowest BCUT2D eigenvalue weighted by molar-refractivity contribution is -0.384. The summed E-state index contributed by atoms with van der Waals surface area (Å²) in [5.74, 6) is -1.17. The first-order valence-electron chi connectivity index (χ1n) is 8.79. The molecular formula is C21H19N3O5. The molecule has 2 rings (SSSR count). The van der Waals surface area contributed by atoms with E-state index in [0.29, 0.717) is 11.3 Å². The fourth-order valence-corrected chi connectivity index (χ4v) is 2.49. The highest BCUT2D eigenvalue weighted by molar-refractivity contribution is 5.98. The highest BCUT2D eigenvalue weighted by Gasteiger charge is 2.24. The lowest BCUT2D eigenvalue weighted by Crippen LogP contribution is -2.40. The van der Waals surface area contributed by atoms with Crippen molar-refractivity contribution >= 4 is 29.3 Å². The SMILES string of the molecule is C[C@H](OC(=O)/C=C/c1ccc([N+](=O)[O-])cc1)C(=O)N(CCC#N)c1ccccc1. The number of carbonyl (C=O) groups excluding carboxylic acids is 2. The molecule has 0 aromatic heterocycles. The summed E-state index contributed by atoms with van der Waals surface area (Å²) in [7, 11) is 0. The Morgan fingerprint density at radius 3 is 2.45 bits per heavy atom.